The van der Waals surface area contributed by atoms with Crippen molar-refractivity contribution in [3.8, 4) is 11.6 Å². The number of hydrogen-bond donors (Lipinski definition) is 0. The first-order valence-corrected chi connectivity index (χ1v) is 6.33. The number of ether oxygens (including phenoxy) is 1. The van der Waals surface area contributed by atoms with Crippen LogP contribution in [0.4, 0.5) is 0 Å². The summed E-state index contributed by atoms with van der Waals surface area (Å²) < 4.78 is 5.59. The first kappa shape index (κ1) is 12.8. The third-order valence-corrected chi connectivity index (χ3v) is 3.07. The van der Waals surface area contributed by atoms with Gasteiger partial charge in [-0.05, 0) is 41.6 Å². The highest BCUT2D eigenvalue weighted by Gasteiger charge is 2.04. The molecule has 0 aliphatic heterocycles. The number of rotatable bonds is 4. The molecule has 0 saturated heterocycles. The predicted molar refractivity (Wildman–Crippen MR) is 72.3 cm³/mol. The van der Waals surface area contributed by atoms with Gasteiger partial charge < -0.3 is 4.74 Å². The Labute approximate surface area is 112 Å². The van der Waals surface area contributed by atoms with Gasteiger partial charge in [0.2, 0.25) is 11.2 Å². The Morgan fingerprint density at radius 1 is 1.22 bits per heavy atom. The van der Waals surface area contributed by atoms with E-state index in [1.54, 1.807) is 12.3 Å². The lowest BCUT2D eigenvalue weighted by atomic mass is 9.99. The fourth-order valence-electron chi connectivity index (χ4n) is 1.60. The van der Waals surface area contributed by atoms with Crippen LogP contribution in [-0.2, 0) is 0 Å². The summed E-state index contributed by atoms with van der Waals surface area (Å²) in [5.74, 6) is 1.76. The number of aromatic nitrogens is 2. The molecule has 1 aromatic heterocycles. The molecule has 0 radical (unpaired) electrons. The van der Waals surface area contributed by atoms with Crippen molar-refractivity contribution < 1.29 is 4.74 Å². The summed E-state index contributed by atoms with van der Waals surface area (Å²) in [6.07, 6.45) is 2.69. The molecule has 0 N–H and O–H groups in total. The molecule has 1 heterocycles. The van der Waals surface area contributed by atoms with E-state index < -0.39 is 0 Å². The number of benzene rings is 1. The zero-order valence-electron chi connectivity index (χ0n) is 10.4. The van der Waals surface area contributed by atoms with Crippen molar-refractivity contribution in [2.24, 2.45) is 0 Å². The van der Waals surface area contributed by atoms with Crippen molar-refractivity contribution >= 4 is 11.6 Å². The summed E-state index contributed by atoms with van der Waals surface area (Å²) in [5, 5.41) is 0.184. The van der Waals surface area contributed by atoms with Crippen molar-refractivity contribution in [2.75, 3.05) is 0 Å². The van der Waals surface area contributed by atoms with Crippen LogP contribution in [0.1, 0.15) is 31.7 Å². The molecule has 3 nitrogen and oxygen atoms in total. The largest absolute Gasteiger partial charge is 0.439 e. The monoisotopic (exact) mass is 262 g/mol. The van der Waals surface area contributed by atoms with Gasteiger partial charge >= 0.3 is 0 Å². The first-order chi connectivity index (χ1) is 8.69. The molecular formula is C14H15ClN2O. The molecule has 0 spiro atoms. The quantitative estimate of drug-likeness (QED) is 0.764. The second-order valence-corrected chi connectivity index (χ2v) is 4.48. The lowest BCUT2D eigenvalue weighted by molar-refractivity contribution is 0.461. The summed E-state index contributed by atoms with van der Waals surface area (Å²) in [6.45, 7) is 4.39. The second-order valence-electron chi connectivity index (χ2n) is 4.14. The minimum atomic E-state index is 0.184. The summed E-state index contributed by atoms with van der Waals surface area (Å²) in [7, 11) is 0. The average Bonchev–Trinajstić information content (AvgIpc) is 2.39. The Balaban J connectivity index is 2.11. The van der Waals surface area contributed by atoms with Crippen LogP contribution >= 0.6 is 11.6 Å². The molecule has 0 aliphatic rings. The molecule has 0 aliphatic carbocycles. The van der Waals surface area contributed by atoms with Crippen LogP contribution in [0.5, 0.6) is 11.6 Å². The van der Waals surface area contributed by atoms with Crippen LogP contribution in [-0.4, -0.2) is 9.97 Å². The minimum absolute atomic E-state index is 0.184. The molecule has 1 unspecified atom stereocenters. The zero-order chi connectivity index (χ0) is 13.0. The molecule has 0 bridgehead atoms. The molecule has 0 fully saturated rings. The van der Waals surface area contributed by atoms with Gasteiger partial charge in [0.15, 0.2) is 0 Å². The summed E-state index contributed by atoms with van der Waals surface area (Å²) in [6, 6.07) is 9.71. The van der Waals surface area contributed by atoms with Crippen LogP contribution in [0, 0.1) is 0 Å². The van der Waals surface area contributed by atoms with Gasteiger partial charge in [0.05, 0.1) is 0 Å². The van der Waals surface area contributed by atoms with E-state index in [4.69, 9.17) is 16.3 Å². The van der Waals surface area contributed by atoms with E-state index in [9.17, 15) is 0 Å². The third-order valence-electron chi connectivity index (χ3n) is 2.88. The van der Waals surface area contributed by atoms with Gasteiger partial charge in [0, 0.05) is 12.3 Å². The molecule has 94 valence electrons. The van der Waals surface area contributed by atoms with Crippen molar-refractivity contribution in [1.29, 1.82) is 0 Å². The van der Waals surface area contributed by atoms with Crippen molar-refractivity contribution in [3.05, 3.63) is 47.4 Å². The van der Waals surface area contributed by atoms with Gasteiger partial charge in [-0.3, -0.25) is 0 Å². The molecule has 0 amide bonds. The van der Waals surface area contributed by atoms with Crippen LogP contribution in [0.3, 0.4) is 0 Å². The molecular weight excluding hydrogens is 248 g/mol. The Morgan fingerprint density at radius 2 is 1.94 bits per heavy atom. The van der Waals surface area contributed by atoms with Gasteiger partial charge in [-0.2, -0.15) is 4.98 Å². The van der Waals surface area contributed by atoms with Gasteiger partial charge in [0.1, 0.15) is 5.75 Å². The Morgan fingerprint density at radius 3 is 2.56 bits per heavy atom. The molecule has 1 atom stereocenters. The molecule has 1 aromatic carbocycles. The Kier molecular flexibility index (Phi) is 4.15. The third kappa shape index (κ3) is 3.20. The van der Waals surface area contributed by atoms with Crippen LogP contribution < -0.4 is 4.74 Å². The average molecular weight is 263 g/mol. The SMILES string of the molecule is CCC(C)c1ccc(Oc2ccnc(Cl)n2)cc1. The van der Waals surface area contributed by atoms with Crippen LogP contribution in [0.25, 0.3) is 0 Å². The maximum absolute atomic E-state index is 5.69. The number of hydrogen-bond acceptors (Lipinski definition) is 3. The fraction of sp³-hybridized carbons (Fsp3) is 0.286. The fourth-order valence-corrected chi connectivity index (χ4v) is 1.74. The van der Waals surface area contributed by atoms with E-state index in [-0.39, 0.29) is 5.28 Å². The van der Waals surface area contributed by atoms with E-state index in [1.165, 1.54) is 5.56 Å². The summed E-state index contributed by atoms with van der Waals surface area (Å²) in [5.41, 5.74) is 1.31. The molecule has 0 saturated carbocycles. The molecule has 2 aromatic rings. The number of halogens is 1. The van der Waals surface area contributed by atoms with E-state index in [1.807, 2.05) is 12.1 Å². The smallest absolute Gasteiger partial charge is 0.225 e. The molecule has 2 rings (SSSR count). The minimum Gasteiger partial charge on any atom is -0.439 e. The van der Waals surface area contributed by atoms with E-state index >= 15 is 0 Å². The zero-order valence-corrected chi connectivity index (χ0v) is 11.2. The van der Waals surface area contributed by atoms with Crippen molar-refractivity contribution in [1.82, 2.24) is 9.97 Å². The highest BCUT2D eigenvalue weighted by Crippen LogP contribution is 2.24. The van der Waals surface area contributed by atoms with E-state index in [0.29, 0.717) is 11.8 Å². The lowest BCUT2D eigenvalue weighted by Gasteiger charge is -2.10. The number of nitrogens with zero attached hydrogens (tertiary/aromatic N) is 2. The van der Waals surface area contributed by atoms with Gasteiger partial charge in [-0.15, -0.1) is 0 Å². The highest BCUT2D eigenvalue weighted by atomic mass is 35.5. The second kappa shape index (κ2) is 5.83. The highest BCUT2D eigenvalue weighted by molar-refractivity contribution is 6.28. The standard InChI is InChI=1S/C14H15ClN2O/c1-3-10(2)11-4-6-12(7-5-11)18-13-8-9-16-14(15)17-13/h4-10H,3H2,1-2H3. The maximum atomic E-state index is 5.69. The van der Waals surface area contributed by atoms with Crippen molar-refractivity contribution in [2.45, 2.75) is 26.2 Å². The van der Waals surface area contributed by atoms with E-state index in [0.717, 1.165) is 12.2 Å². The van der Waals surface area contributed by atoms with Gasteiger partial charge in [-0.1, -0.05) is 26.0 Å². The Hall–Kier alpha value is -1.61. The summed E-state index contributed by atoms with van der Waals surface area (Å²) in [4.78, 5) is 7.78. The molecule has 18 heavy (non-hydrogen) atoms. The molecule has 4 heteroatoms. The summed E-state index contributed by atoms with van der Waals surface area (Å²) >= 11 is 5.69. The normalized spacial score (nSPS) is 12.2. The van der Waals surface area contributed by atoms with Gasteiger partial charge in [0.25, 0.3) is 0 Å². The lowest BCUT2D eigenvalue weighted by Crippen LogP contribution is -1.92. The van der Waals surface area contributed by atoms with Gasteiger partial charge in [-0.25, -0.2) is 4.98 Å². The topological polar surface area (TPSA) is 35.0 Å². The maximum Gasteiger partial charge on any atom is 0.225 e. The predicted octanol–water partition coefficient (Wildman–Crippen LogP) is 4.44. The Bertz CT molecular complexity index is 513. The first-order valence-electron chi connectivity index (χ1n) is 5.95. The van der Waals surface area contributed by atoms with E-state index in [2.05, 4.69) is 35.9 Å². The van der Waals surface area contributed by atoms with Crippen LogP contribution in [0.2, 0.25) is 5.28 Å². The van der Waals surface area contributed by atoms with Crippen molar-refractivity contribution in [3.63, 3.8) is 0 Å². The van der Waals surface area contributed by atoms with Crippen LogP contribution in [0.15, 0.2) is 36.5 Å².